The van der Waals surface area contributed by atoms with Crippen molar-refractivity contribution < 1.29 is 0 Å². The lowest BCUT2D eigenvalue weighted by Gasteiger charge is -2.17. The Kier molecular flexibility index (Phi) is 6.04. The second kappa shape index (κ2) is 7.55. The monoisotopic (exact) mass is 361 g/mol. The molecule has 2 rings (SSSR count). The molecular weight excluding hydrogens is 342 g/mol. The number of thiophene rings is 1. The van der Waals surface area contributed by atoms with E-state index in [2.05, 4.69) is 49.3 Å². The van der Waals surface area contributed by atoms with Crippen LogP contribution in [0, 0.1) is 0 Å². The van der Waals surface area contributed by atoms with Gasteiger partial charge in [0.25, 0.3) is 0 Å². The molecule has 2 atom stereocenters. The second-order valence-electron chi connectivity index (χ2n) is 4.67. The van der Waals surface area contributed by atoms with Crippen LogP contribution in [0.2, 0.25) is 0 Å². The molecule has 19 heavy (non-hydrogen) atoms. The van der Waals surface area contributed by atoms with Crippen LogP contribution in [0.25, 0.3) is 0 Å². The van der Waals surface area contributed by atoms with Gasteiger partial charge in [-0.1, -0.05) is 0 Å². The van der Waals surface area contributed by atoms with Crippen molar-refractivity contribution in [3.63, 3.8) is 0 Å². The minimum absolute atomic E-state index is 0.568. The average Bonchev–Trinajstić information content (AvgIpc) is 3.03. The van der Waals surface area contributed by atoms with Gasteiger partial charge in [-0.05, 0) is 47.5 Å². The Morgan fingerprint density at radius 2 is 2.42 bits per heavy atom. The summed E-state index contributed by atoms with van der Waals surface area (Å²) in [6.07, 6.45) is 6.01. The number of guanidine groups is 1. The van der Waals surface area contributed by atoms with Crippen LogP contribution in [0.5, 0.6) is 0 Å². The van der Waals surface area contributed by atoms with Crippen LogP contribution in [0.1, 0.15) is 24.1 Å². The first-order chi connectivity index (χ1) is 9.21. The molecule has 0 aliphatic heterocycles. The van der Waals surface area contributed by atoms with Crippen molar-refractivity contribution in [1.29, 1.82) is 0 Å². The molecule has 1 saturated carbocycles. The summed E-state index contributed by atoms with van der Waals surface area (Å²) in [5.74, 6) is 0.913. The Balaban J connectivity index is 1.78. The molecule has 1 aromatic heterocycles. The molecule has 6 heteroatoms. The zero-order chi connectivity index (χ0) is 13.7. The highest BCUT2D eigenvalue weighted by atomic mass is 79.9. The first kappa shape index (κ1) is 15.2. The molecule has 1 heterocycles. The van der Waals surface area contributed by atoms with Crippen LogP contribution in [0.3, 0.4) is 0 Å². The number of aliphatic imine (C=N–C) groups is 1. The molecule has 0 aromatic carbocycles. The lowest BCUT2D eigenvalue weighted by atomic mass is 10.2. The van der Waals surface area contributed by atoms with Gasteiger partial charge in [0.2, 0.25) is 0 Å². The maximum atomic E-state index is 4.30. The minimum atomic E-state index is 0.568. The number of nitrogens with zero attached hydrogens (tertiary/aromatic N) is 1. The molecule has 1 aromatic rings. The molecule has 3 nitrogen and oxygen atoms in total. The smallest absolute Gasteiger partial charge is 0.191 e. The molecule has 1 fully saturated rings. The van der Waals surface area contributed by atoms with Gasteiger partial charge in [-0.25, -0.2) is 0 Å². The van der Waals surface area contributed by atoms with Crippen molar-refractivity contribution >= 4 is 45.0 Å². The summed E-state index contributed by atoms with van der Waals surface area (Å²) in [5.41, 5.74) is 0. The van der Waals surface area contributed by atoms with Crippen LogP contribution in [-0.2, 0) is 6.54 Å². The number of thioether (sulfide) groups is 1. The van der Waals surface area contributed by atoms with Gasteiger partial charge >= 0.3 is 0 Å². The predicted octanol–water partition coefficient (Wildman–Crippen LogP) is 3.46. The Bertz CT molecular complexity index is 433. The lowest BCUT2D eigenvalue weighted by Crippen LogP contribution is -2.42. The topological polar surface area (TPSA) is 36.4 Å². The molecule has 1 aliphatic carbocycles. The van der Waals surface area contributed by atoms with Gasteiger partial charge in [0, 0.05) is 33.1 Å². The Morgan fingerprint density at radius 1 is 1.58 bits per heavy atom. The fourth-order valence-corrected chi connectivity index (χ4v) is 4.48. The zero-order valence-electron chi connectivity index (χ0n) is 11.3. The molecule has 106 valence electrons. The van der Waals surface area contributed by atoms with Crippen molar-refractivity contribution in [2.45, 2.75) is 37.1 Å². The van der Waals surface area contributed by atoms with Crippen LogP contribution >= 0.6 is 39.0 Å². The van der Waals surface area contributed by atoms with E-state index in [9.17, 15) is 0 Å². The number of rotatable bonds is 4. The average molecular weight is 362 g/mol. The van der Waals surface area contributed by atoms with E-state index in [-0.39, 0.29) is 0 Å². The van der Waals surface area contributed by atoms with Gasteiger partial charge in [0.05, 0.1) is 6.54 Å². The van der Waals surface area contributed by atoms with E-state index in [4.69, 9.17) is 0 Å². The number of nitrogens with one attached hydrogen (secondary N) is 2. The van der Waals surface area contributed by atoms with Crippen molar-refractivity contribution in [3.05, 3.63) is 20.8 Å². The standard InChI is InChI=1S/C13H20BrN3S2/c1-15-13(16-7-12-5-9(14)8-19-12)17-10-3-4-11(6-10)18-2/h5,8,10-11H,3-4,6-7H2,1-2H3,(H2,15,16,17). The minimum Gasteiger partial charge on any atom is -0.354 e. The first-order valence-electron chi connectivity index (χ1n) is 6.44. The maximum absolute atomic E-state index is 4.30. The lowest BCUT2D eigenvalue weighted by molar-refractivity contribution is 0.615. The van der Waals surface area contributed by atoms with Crippen LogP contribution in [0.15, 0.2) is 20.9 Å². The number of hydrogen-bond acceptors (Lipinski definition) is 3. The van der Waals surface area contributed by atoms with Crippen LogP contribution in [-0.4, -0.2) is 30.6 Å². The normalized spacial score (nSPS) is 23.6. The number of hydrogen-bond donors (Lipinski definition) is 2. The quantitative estimate of drug-likeness (QED) is 0.636. The molecule has 0 amide bonds. The zero-order valence-corrected chi connectivity index (χ0v) is 14.5. The summed E-state index contributed by atoms with van der Waals surface area (Å²) < 4.78 is 1.15. The Hall–Kier alpha value is -0.200. The molecule has 0 spiro atoms. The molecule has 1 aliphatic rings. The Labute approximate surface area is 131 Å². The molecular formula is C13H20BrN3S2. The van der Waals surface area contributed by atoms with Gasteiger partial charge in [-0.2, -0.15) is 11.8 Å². The van der Waals surface area contributed by atoms with Crippen molar-refractivity contribution in [2.24, 2.45) is 4.99 Å². The van der Waals surface area contributed by atoms with E-state index in [1.165, 1.54) is 24.1 Å². The fraction of sp³-hybridized carbons (Fsp3) is 0.615. The summed E-state index contributed by atoms with van der Waals surface area (Å²) in [4.78, 5) is 5.61. The molecule has 2 unspecified atom stereocenters. The van der Waals surface area contributed by atoms with Crippen molar-refractivity contribution in [2.75, 3.05) is 13.3 Å². The maximum Gasteiger partial charge on any atom is 0.191 e. The van der Waals surface area contributed by atoms with Gasteiger partial charge in [0.15, 0.2) is 5.96 Å². The third kappa shape index (κ3) is 4.68. The van der Waals surface area contributed by atoms with Crippen LogP contribution in [0.4, 0.5) is 0 Å². The second-order valence-corrected chi connectivity index (χ2v) is 7.72. The number of halogens is 1. The van der Waals surface area contributed by atoms with E-state index >= 15 is 0 Å². The third-order valence-corrected chi connectivity index (χ3v) is 6.13. The van der Waals surface area contributed by atoms with Crippen LogP contribution < -0.4 is 10.6 Å². The molecule has 2 N–H and O–H groups in total. The van der Waals surface area contributed by atoms with Crippen molar-refractivity contribution in [1.82, 2.24) is 10.6 Å². The summed E-state index contributed by atoms with van der Waals surface area (Å²) >= 11 is 7.21. The SMILES string of the molecule is CN=C(NCc1cc(Br)cs1)NC1CCC(SC)C1. The molecule has 0 radical (unpaired) electrons. The predicted molar refractivity (Wildman–Crippen MR) is 90.3 cm³/mol. The van der Waals surface area contributed by atoms with Gasteiger partial charge in [-0.15, -0.1) is 11.3 Å². The van der Waals surface area contributed by atoms with E-state index < -0.39 is 0 Å². The molecule has 0 saturated heterocycles. The third-order valence-electron chi connectivity index (χ3n) is 3.33. The first-order valence-corrected chi connectivity index (χ1v) is 9.40. The van der Waals surface area contributed by atoms with Gasteiger partial charge < -0.3 is 10.6 Å². The van der Waals surface area contributed by atoms with Gasteiger partial charge in [-0.3, -0.25) is 4.99 Å². The van der Waals surface area contributed by atoms with E-state index in [1.807, 2.05) is 18.8 Å². The van der Waals surface area contributed by atoms with E-state index in [0.717, 1.165) is 22.2 Å². The van der Waals surface area contributed by atoms with Gasteiger partial charge in [0.1, 0.15) is 0 Å². The molecule has 0 bridgehead atoms. The highest BCUT2D eigenvalue weighted by molar-refractivity contribution is 9.10. The largest absolute Gasteiger partial charge is 0.354 e. The summed E-state index contributed by atoms with van der Waals surface area (Å²) in [6.45, 7) is 0.828. The van der Waals surface area contributed by atoms with E-state index in [0.29, 0.717) is 6.04 Å². The Morgan fingerprint density at radius 3 is 3.00 bits per heavy atom. The summed E-state index contributed by atoms with van der Waals surface area (Å²) in [5, 5.41) is 9.82. The highest BCUT2D eigenvalue weighted by Gasteiger charge is 2.24. The highest BCUT2D eigenvalue weighted by Crippen LogP contribution is 2.28. The van der Waals surface area contributed by atoms with E-state index in [1.54, 1.807) is 11.3 Å². The summed E-state index contributed by atoms with van der Waals surface area (Å²) in [6, 6.07) is 2.71. The van der Waals surface area contributed by atoms with Crippen molar-refractivity contribution in [3.8, 4) is 0 Å². The summed E-state index contributed by atoms with van der Waals surface area (Å²) in [7, 11) is 1.83. The fourth-order valence-electron chi connectivity index (χ4n) is 2.29.